The molecule has 0 amide bonds. The Bertz CT molecular complexity index is 720. The number of fused-ring (bicyclic) bond motifs is 4. The molecule has 0 aromatic carbocycles. The highest BCUT2D eigenvalue weighted by Crippen LogP contribution is 2.30. The van der Waals surface area contributed by atoms with Crippen LogP contribution >= 0.6 is 0 Å². The maximum Gasteiger partial charge on any atom is 0.225 e. The zero-order chi connectivity index (χ0) is 18.1. The van der Waals surface area contributed by atoms with Gasteiger partial charge in [-0.3, -0.25) is 4.90 Å². The van der Waals surface area contributed by atoms with Crippen LogP contribution in [0, 0.1) is 5.92 Å². The predicted molar refractivity (Wildman–Crippen MR) is 98.4 cm³/mol. The molecule has 8 nitrogen and oxygen atoms in total. The monoisotopic (exact) mass is 381 g/mol. The van der Waals surface area contributed by atoms with Crippen molar-refractivity contribution in [3.05, 3.63) is 18.0 Å². The van der Waals surface area contributed by atoms with Crippen LogP contribution in [0.4, 0.5) is 5.95 Å². The minimum atomic E-state index is -3.12. The van der Waals surface area contributed by atoms with Gasteiger partial charge in [-0.15, -0.1) is 0 Å². The van der Waals surface area contributed by atoms with Crippen LogP contribution < -0.4 is 4.90 Å². The summed E-state index contributed by atoms with van der Waals surface area (Å²) in [6.45, 7) is 6.08. The molecular formula is C17H27N5O3S. The van der Waals surface area contributed by atoms with Crippen LogP contribution in [0.15, 0.2) is 12.4 Å². The van der Waals surface area contributed by atoms with Gasteiger partial charge in [-0.05, 0) is 18.8 Å². The Morgan fingerprint density at radius 3 is 2.54 bits per heavy atom. The Morgan fingerprint density at radius 1 is 1.12 bits per heavy atom. The fourth-order valence-corrected chi connectivity index (χ4v) is 5.12. The zero-order valence-corrected chi connectivity index (χ0v) is 16.1. The van der Waals surface area contributed by atoms with Crippen molar-refractivity contribution in [2.45, 2.75) is 25.4 Å². The fraction of sp³-hybridized carbons (Fsp3) is 0.765. The predicted octanol–water partition coefficient (Wildman–Crippen LogP) is 0.169. The summed E-state index contributed by atoms with van der Waals surface area (Å²) in [7, 11) is -3.12. The van der Waals surface area contributed by atoms with Crippen molar-refractivity contribution in [3.8, 4) is 0 Å². The second kappa shape index (κ2) is 7.38. The molecule has 5 heterocycles. The number of hydrogen-bond acceptors (Lipinski definition) is 7. The van der Waals surface area contributed by atoms with Crippen LogP contribution in [0.5, 0.6) is 0 Å². The molecule has 0 unspecified atom stereocenters. The minimum absolute atomic E-state index is 0.280. The lowest BCUT2D eigenvalue weighted by Crippen LogP contribution is -2.43. The van der Waals surface area contributed by atoms with E-state index in [9.17, 15) is 8.42 Å². The van der Waals surface area contributed by atoms with Gasteiger partial charge in [0.25, 0.3) is 0 Å². The van der Waals surface area contributed by atoms with Gasteiger partial charge in [-0.25, -0.2) is 22.7 Å². The van der Waals surface area contributed by atoms with Gasteiger partial charge in [0, 0.05) is 63.3 Å². The Morgan fingerprint density at radius 2 is 1.85 bits per heavy atom. The molecule has 4 aliphatic heterocycles. The van der Waals surface area contributed by atoms with E-state index in [1.165, 1.54) is 6.26 Å². The van der Waals surface area contributed by atoms with Gasteiger partial charge in [0.2, 0.25) is 16.0 Å². The van der Waals surface area contributed by atoms with Crippen LogP contribution in [0.1, 0.15) is 18.4 Å². The number of ether oxygens (including phenoxy) is 1. The van der Waals surface area contributed by atoms with Gasteiger partial charge in [0.1, 0.15) is 0 Å². The summed E-state index contributed by atoms with van der Waals surface area (Å²) in [4.78, 5) is 13.6. The number of nitrogens with zero attached hydrogens (tertiary/aromatic N) is 5. The lowest BCUT2D eigenvalue weighted by Gasteiger charge is -2.36. The van der Waals surface area contributed by atoms with Crippen molar-refractivity contribution in [1.29, 1.82) is 0 Å². The van der Waals surface area contributed by atoms with Crippen LogP contribution in [0.25, 0.3) is 0 Å². The molecule has 0 saturated carbocycles. The normalized spacial score (nSPS) is 28.3. The molecule has 4 fully saturated rings. The lowest BCUT2D eigenvalue weighted by atomic mass is 9.95. The molecule has 9 heteroatoms. The molecule has 2 bridgehead atoms. The Hall–Kier alpha value is -1.29. The number of piperidine rings is 1. The van der Waals surface area contributed by atoms with E-state index < -0.39 is 10.0 Å². The zero-order valence-electron chi connectivity index (χ0n) is 15.2. The first-order valence-corrected chi connectivity index (χ1v) is 11.2. The number of anilines is 1. The van der Waals surface area contributed by atoms with Crippen LogP contribution in [0.3, 0.4) is 0 Å². The van der Waals surface area contributed by atoms with Gasteiger partial charge in [-0.1, -0.05) is 0 Å². The van der Waals surface area contributed by atoms with Gasteiger partial charge in [-0.2, -0.15) is 0 Å². The Labute approximate surface area is 155 Å². The summed E-state index contributed by atoms with van der Waals surface area (Å²) in [6, 6.07) is 0.280. The number of sulfonamides is 1. The van der Waals surface area contributed by atoms with Gasteiger partial charge in [0.05, 0.1) is 19.5 Å². The molecule has 144 valence electrons. The third kappa shape index (κ3) is 4.00. The van der Waals surface area contributed by atoms with Crippen molar-refractivity contribution in [3.63, 3.8) is 0 Å². The maximum atomic E-state index is 12.0. The fourth-order valence-electron chi connectivity index (χ4n) is 4.19. The van der Waals surface area contributed by atoms with E-state index in [1.807, 2.05) is 12.4 Å². The molecule has 4 saturated heterocycles. The Kier molecular flexibility index (Phi) is 5.13. The third-order valence-corrected chi connectivity index (χ3v) is 6.87. The van der Waals surface area contributed by atoms with E-state index in [0.717, 1.165) is 63.7 Å². The number of aromatic nitrogens is 2. The summed E-state index contributed by atoms with van der Waals surface area (Å²) in [6.07, 6.45) is 7.30. The molecule has 4 aliphatic rings. The first-order chi connectivity index (χ1) is 12.5. The topological polar surface area (TPSA) is 78.9 Å². The average Bonchev–Trinajstić information content (AvgIpc) is 2.95. The maximum absolute atomic E-state index is 12.0. The highest BCUT2D eigenvalue weighted by Gasteiger charge is 2.37. The molecular weight excluding hydrogens is 354 g/mol. The number of rotatable bonds is 4. The first kappa shape index (κ1) is 18.1. The van der Waals surface area contributed by atoms with E-state index in [1.54, 1.807) is 4.31 Å². The standard InChI is InChI=1S/C17H27N5O3S/c1-26(23,24)22-12-14-2-3-16(13-22)21(10-14)11-15-8-18-17(19-9-15)20-4-6-25-7-5-20/h8-9,14,16H,2-7,10-13H2,1H3/t14-,16-/m1/s1. The van der Waals surface area contributed by atoms with E-state index >= 15 is 0 Å². The van der Waals surface area contributed by atoms with Crippen LogP contribution in [-0.2, 0) is 21.3 Å². The molecule has 26 heavy (non-hydrogen) atoms. The van der Waals surface area contributed by atoms with Crippen molar-refractivity contribution < 1.29 is 13.2 Å². The molecule has 0 N–H and O–H groups in total. The van der Waals surface area contributed by atoms with E-state index in [-0.39, 0.29) is 6.04 Å². The average molecular weight is 382 g/mol. The summed E-state index contributed by atoms with van der Waals surface area (Å²) in [5.41, 5.74) is 1.08. The second-order valence-corrected chi connectivity index (χ2v) is 9.58. The van der Waals surface area contributed by atoms with Gasteiger partial charge < -0.3 is 9.64 Å². The van der Waals surface area contributed by atoms with Crippen LogP contribution in [-0.4, -0.2) is 85.8 Å². The van der Waals surface area contributed by atoms with Crippen molar-refractivity contribution in [2.24, 2.45) is 5.92 Å². The molecule has 5 rings (SSSR count). The molecule has 0 spiro atoms. The number of hydrogen-bond donors (Lipinski definition) is 0. The summed E-state index contributed by atoms with van der Waals surface area (Å²) in [5, 5.41) is 0. The Balaban J connectivity index is 1.42. The van der Waals surface area contributed by atoms with Gasteiger partial charge >= 0.3 is 0 Å². The van der Waals surface area contributed by atoms with Crippen molar-refractivity contribution >= 4 is 16.0 Å². The first-order valence-electron chi connectivity index (χ1n) is 9.32. The SMILES string of the molecule is CS(=O)(=O)N1C[C@@H]2CC[C@H](C1)N(Cc1cnc(N3CCOCC3)nc1)C2. The third-order valence-electron chi connectivity index (χ3n) is 5.63. The summed E-state index contributed by atoms with van der Waals surface area (Å²) >= 11 is 0. The smallest absolute Gasteiger partial charge is 0.225 e. The van der Waals surface area contributed by atoms with Crippen molar-refractivity contribution in [1.82, 2.24) is 19.2 Å². The summed E-state index contributed by atoms with van der Waals surface area (Å²) in [5.74, 6) is 1.18. The molecule has 2 atom stereocenters. The van der Waals surface area contributed by atoms with Crippen molar-refractivity contribution in [2.75, 3.05) is 57.1 Å². The van der Waals surface area contributed by atoms with E-state index in [2.05, 4.69) is 19.8 Å². The molecule has 0 radical (unpaired) electrons. The quantitative estimate of drug-likeness (QED) is 0.736. The highest BCUT2D eigenvalue weighted by atomic mass is 32.2. The van der Waals surface area contributed by atoms with E-state index in [4.69, 9.17) is 4.74 Å². The largest absolute Gasteiger partial charge is 0.378 e. The lowest BCUT2D eigenvalue weighted by molar-refractivity contribution is 0.121. The summed E-state index contributed by atoms with van der Waals surface area (Å²) < 4.78 is 31.0. The molecule has 1 aromatic heterocycles. The van der Waals surface area contributed by atoms with E-state index in [0.29, 0.717) is 19.0 Å². The molecule has 1 aromatic rings. The number of morpholine rings is 1. The molecule has 0 aliphatic carbocycles. The van der Waals surface area contributed by atoms with Crippen LogP contribution in [0.2, 0.25) is 0 Å². The highest BCUT2D eigenvalue weighted by molar-refractivity contribution is 7.88. The van der Waals surface area contributed by atoms with Gasteiger partial charge in [0.15, 0.2) is 0 Å². The second-order valence-electron chi connectivity index (χ2n) is 7.60. The minimum Gasteiger partial charge on any atom is -0.378 e.